The summed E-state index contributed by atoms with van der Waals surface area (Å²) in [4.78, 5) is 4.17. The van der Waals surface area contributed by atoms with Gasteiger partial charge in [-0.25, -0.2) is 4.98 Å². The van der Waals surface area contributed by atoms with Gasteiger partial charge in [0, 0.05) is 5.69 Å². The molecule has 0 unspecified atom stereocenters. The molecule has 31 heavy (non-hydrogen) atoms. The number of fused-ring (bicyclic) bond motifs is 3. The lowest BCUT2D eigenvalue weighted by Crippen LogP contribution is -2.17. The van der Waals surface area contributed by atoms with E-state index in [0.717, 1.165) is 18.2 Å². The van der Waals surface area contributed by atoms with E-state index in [9.17, 15) is 31.6 Å². The molecular weight excluding hydrogens is 426 g/mol. The van der Waals surface area contributed by atoms with Crippen LogP contribution >= 0.6 is 0 Å². The molecule has 1 N–H and O–H groups in total. The predicted molar refractivity (Wildman–Crippen MR) is 98.8 cm³/mol. The van der Waals surface area contributed by atoms with Crippen molar-refractivity contribution in [3.63, 3.8) is 0 Å². The number of pyridine rings is 1. The van der Waals surface area contributed by atoms with Crippen molar-refractivity contribution in [2.45, 2.75) is 12.5 Å². The lowest BCUT2D eigenvalue weighted by atomic mass is 10.1. The Balaban J connectivity index is 1.88. The molecule has 2 heterocycles. The topological polar surface area (TPSA) is 62.3 Å². The van der Waals surface area contributed by atoms with Crippen molar-refractivity contribution in [3.8, 4) is 11.8 Å². The van der Waals surface area contributed by atoms with Crippen LogP contribution in [-0.2, 0) is 6.18 Å². The Kier molecular flexibility index (Phi) is 4.65. The zero-order valence-electron chi connectivity index (χ0n) is 15.2. The van der Waals surface area contributed by atoms with E-state index >= 15 is 0 Å². The lowest BCUT2D eigenvalue weighted by molar-refractivity contribution is -0.274. The highest BCUT2D eigenvalue weighted by Crippen LogP contribution is 2.37. The van der Waals surface area contributed by atoms with Gasteiger partial charge in [0.2, 0.25) is 0 Å². The van der Waals surface area contributed by atoms with Crippen LogP contribution in [0.3, 0.4) is 0 Å². The Morgan fingerprint density at radius 2 is 1.65 bits per heavy atom. The lowest BCUT2D eigenvalue weighted by Gasteiger charge is -2.16. The van der Waals surface area contributed by atoms with Gasteiger partial charge < -0.3 is 10.1 Å². The van der Waals surface area contributed by atoms with Gasteiger partial charge in [-0.1, -0.05) is 12.1 Å². The maximum Gasteiger partial charge on any atom is 0.573 e. The van der Waals surface area contributed by atoms with Crippen molar-refractivity contribution in [3.05, 3.63) is 65.7 Å². The van der Waals surface area contributed by atoms with Crippen molar-refractivity contribution in [2.24, 2.45) is 0 Å². The molecule has 0 fully saturated rings. The maximum atomic E-state index is 13.6. The standard InChI is InChI=1S/C20H10F6N4O/c21-19(22,23)14-9-17(28-11-5-7-12(8-6-11)31-20(24,25)26)30-16-4-2-1-3-15(16)29-18(30)13(14)10-27/h1-9,28H. The normalized spacial score (nSPS) is 12.2. The van der Waals surface area contributed by atoms with Gasteiger partial charge in [-0.2, -0.15) is 18.4 Å². The van der Waals surface area contributed by atoms with Crippen LogP contribution in [0.25, 0.3) is 16.7 Å². The highest BCUT2D eigenvalue weighted by molar-refractivity contribution is 5.86. The Morgan fingerprint density at radius 3 is 2.26 bits per heavy atom. The van der Waals surface area contributed by atoms with Crippen LogP contribution in [0, 0.1) is 11.3 Å². The molecule has 2 aromatic heterocycles. The summed E-state index contributed by atoms with van der Waals surface area (Å²) in [5.41, 5.74) is -0.998. The second kappa shape index (κ2) is 7.09. The van der Waals surface area contributed by atoms with Crippen LogP contribution in [0.5, 0.6) is 5.75 Å². The average Bonchev–Trinajstić information content (AvgIpc) is 3.07. The van der Waals surface area contributed by atoms with Gasteiger partial charge in [-0.15, -0.1) is 13.2 Å². The molecule has 0 aliphatic carbocycles. The van der Waals surface area contributed by atoms with Gasteiger partial charge in [0.25, 0.3) is 0 Å². The van der Waals surface area contributed by atoms with E-state index in [4.69, 9.17) is 0 Å². The molecule has 0 saturated heterocycles. The van der Waals surface area contributed by atoms with Gasteiger partial charge in [0.15, 0.2) is 5.65 Å². The minimum atomic E-state index is -4.87. The first-order valence-corrected chi connectivity index (χ1v) is 8.61. The number of alkyl halides is 6. The van der Waals surface area contributed by atoms with E-state index in [1.807, 2.05) is 0 Å². The number of benzene rings is 2. The molecular formula is C20H10F6N4O. The fraction of sp³-hybridized carbons (Fsp3) is 0.100. The minimum Gasteiger partial charge on any atom is -0.406 e. The fourth-order valence-electron chi connectivity index (χ4n) is 3.15. The monoisotopic (exact) mass is 436 g/mol. The molecule has 0 radical (unpaired) electrons. The highest BCUT2D eigenvalue weighted by Gasteiger charge is 2.36. The van der Waals surface area contributed by atoms with Crippen LogP contribution in [0.1, 0.15) is 11.1 Å². The molecule has 4 aromatic rings. The van der Waals surface area contributed by atoms with E-state index < -0.39 is 29.4 Å². The number of ether oxygens (including phenoxy) is 1. The quantitative estimate of drug-likeness (QED) is 0.399. The summed E-state index contributed by atoms with van der Waals surface area (Å²) in [5.74, 6) is -0.549. The van der Waals surface area contributed by atoms with Crippen molar-refractivity contribution < 1.29 is 31.1 Å². The number of rotatable bonds is 3. The molecule has 0 spiro atoms. The molecule has 0 bridgehead atoms. The van der Waals surface area contributed by atoms with E-state index in [1.54, 1.807) is 30.3 Å². The number of nitriles is 1. The average molecular weight is 436 g/mol. The predicted octanol–water partition coefficient (Wildman–Crippen LogP) is 6.02. The van der Waals surface area contributed by atoms with E-state index in [0.29, 0.717) is 11.0 Å². The molecule has 158 valence electrons. The number of imidazole rings is 1. The van der Waals surface area contributed by atoms with Crippen LogP contribution in [0.4, 0.5) is 37.8 Å². The molecule has 4 rings (SSSR count). The number of aromatic nitrogens is 2. The minimum absolute atomic E-state index is 0.0699. The summed E-state index contributed by atoms with van der Waals surface area (Å²) < 4.78 is 82.9. The first-order chi connectivity index (χ1) is 14.6. The second-order valence-corrected chi connectivity index (χ2v) is 6.38. The van der Waals surface area contributed by atoms with Crippen LogP contribution < -0.4 is 10.1 Å². The Hall–Kier alpha value is -3.94. The van der Waals surface area contributed by atoms with E-state index in [-0.39, 0.29) is 17.2 Å². The SMILES string of the molecule is N#Cc1c(C(F)(F)F)cc(Nc2ccc(OC(F)(F)F)cc2)n2c1nc1ccccc12. The zero-order valence-corrected chi connectivity index (χ0v) is 15.2. The van der Waals surface area contributed by atoms with Gasteiger partial charge in [-0.3, -0.25) is 4.40 Å². The first kappa shape index (κ1) is 20.3. The Labute approximate surface area is 170 Å². The summed E-state index contributed by atoms with van der Waals surface area (Å²) in [5, 5.41) is 12.1. The van der Waals surface area contributed by atoms with Crippen LogP contribution in [-0.4, -0.2) is 15.7 Å². The Morgan fingerprint density at radius 1 is 0.968 bits per heavy atom. The molecule has 11 heteroatoms. The first-order valence-electron chi connectivity index (χ1n) is 8.61. The third kappa shape index (κ3) is 3.92. The molecule has 2 aromatic carbocycles. The number of nitrogens with zero attached hydrogens (tertiary/aromatic N) is 3. The van der Waals surface area contributed by atoms with Crippen molar-refractivity contribution >= 4 is 28.2 Å². The third-order valence-electron chi connectivity index (χ3n) is 4.35. The fourth-order valence-corrected chi connectivity index (χ4v) is 3.15. The number of halogens is 6. The number of anilines is 2. The van der Waals surface area contributed by atoms with E-state index in [2.05, 4.69) is 15.0 Å². The number of para-hydroxylation sites is 2. The zero-order chi connectivity index (χ0) is 22.4. The van der Waals surface area contributed by atoms with Crippen molar-refractivity contribution in [1.29, 1.82) is 5.26 Å². The molecule has 5 nitrogen and oxygen atoms in total. The van der Waals surface area contributed by atoms with Gasteiger partial charge in [-0.05, 0) is 42.5 Å². The Bertz CT molecular complexity index is 1320. The summed E-state index contributed by atoms with van der Waals surface area (Å²) in [6.07, 6.45) is -9.70. The number of hydrogen-bond donors (Lipinski definition) is 1. The van der Waals surface area contributed by atoms with Gasteiger partial charge >= 0.3 is 12.5 Å². The molecule has 0 aliphatic heterocycles. The molecule has 0 aliphatic rings. The van der Waals surface area contributed by atoms with Gasteiger partial charge in [0.05, 0.1) is 16.6 Å². The van der Waals surface area contributed by atoms with E-state index in [1.165, 1.54) is 16.5 Å². The molecule has 0 atom stereocenters. The summed E-state index contributed by atoms with van der Waals surface area (Å²) >= 11 is 0. The summed E-state index contributed by atoms with van der Waals surface area (Å²) in [6.45, 7) is 0. The van der Waals surface area contributed by atoms with Crippen molar-refractivity contribution in [2.75, 3.05) is 5.32 Å². The number of nitrogens with one attached hydrogen (secondary N) is 1. The van der Waals surface area contributed by atoms with Crippen LogP contribution in [0.15, 0.2) is 54.6 Å². The van der Waals surface area contributed by atoms with Gasteiger partial charge in [0.1, 0.15) is 23.2 Å². The molecule has 0 amide bonds. The number of hydrogen-bond acceptors (Lipinski definition) is 4. The summed E-state index contributed by atoms with van der Waals surface area (Å²) in [6, 6.07) is 13.3. The summed E-state index contributed by atoms with van der Waals surface area (Å²) in [7, 11) is 0. The van der Waals surface area contributed by atoms with Crippen LogP contribution in [0.2, 0.25) is 0 Å². The largest absolute Gasteiger partial charge is 0.573 e. The molecule has 0 saturated carbocycles. The highest BCUT2D eigenvalue weighted by atomic mass is 19.4. The smallest absolute Gasteiger partial charge is 0.406 e. The van der Waals surface area contributed by atoms with Crippen molar-refractivity contribution in [1.82, 2.24) is 9.38 Å². The third-order valence-corrected chi connectivity index (χ3v) is 4.35. The maximum absolute atomic E-state index is 13.6. The second-order valence-electron chi connectivity index (χ2n) is 6.38.